The van der Waals surface area contributed by atoms with Gasteiger partial charge in [-0.25, -0.2) is 0 Å². The third-order valence-corrected chi connectivity index (χ3v) is 7.30. The summed E-state index contributed by atoms with van der Waals surface area (Å²) in [5, 5.41) is 7.16. The lowest BCUT2D eigenvalue weighted by molar-refractivity contribution is 0.207. The lowest BCUT2D eigenvalue weighted by Gasteiger charge is -2.32. The summed E-state index contributed by atoms with van der Waals surface area (Å²) >= 11 is 0. The number of nitrogens with one attached hydrogen (secondary N) is 2. The Labute approximate surface area is 199 Å². The van der Waals surface area contributed by atoms with E-state index in [2.05, 4.69) is 76.6 Å². The largest absolute Gasteiger partial charge is 0.385 e. The van der Waals surface area contributed by atoms with Crippen LogP contribution in [0.15, 0.2) is 36.9 Å². The van der Waals surface area contributed by atoms with Crippen LogP contribution < -0.4 is 10.6 Å². The highest BCUT2D eigenvalue weighted by Gasteiger charge is 2.25. The van der Waals surface area contributed by atoms with Crippen LogP contribution in [-0.4, -0.2) is 19.1 Å². The number of allylic oxidation sites excluding steroid dienone is 1. The first kappa shape index (κ1) is 26.7. The molecule has 1 unspecified atom stereocenters. The van der Waals surface area contributed by atoms with Crippen molar-refractivity contribution in [3.63, 3.8) is 0 Å². The summed E-state index contributed by atoms with van der Waals surface area (Å²) in [5.41, 5.74) is 6.59. The molecule has 2 heteroatoms. The van der Waals surface area contributed by atoms with Crippen molar-refractivity contribution < 1.29 is 0 Å². The van der Waals surface area contributed by atoms with Crippen molar-refractivity contribution in [1.82, 2.24) is 10.6 Å². The second-order valence-corrected chi connectivity index (χ2v) is 10.9. The Morgan fingerprint density at radius 3 is 2.47 bits per heavy atom. The predicted octanol–water partition coefficient (Wildman–Crippen LogP) is 7.54. The SMILES string of the molecule is C=C(C)CCc1ccc(C[C@@H]2CC[C@H](C)C(C)C2)c(C(=C)NCCCCCNC(C)C)c1. The summed E-state index contributed by atoms with van der Waals surface area (Å²) in [5.74, 6) is 2.53. The molecule has 1 aliphatic rings. The molecule has 2 N–H and O–H groups in total. The van der Waals surface area contributed by atoms with Crippen LogP contribution in [0.4, 0.5) is 0 Å². The highest BCUT2D eigenvalue weighted by molar-refractivity contribution is 5.65. The van der Waals surface area contributed by atoms with Crippen molar-refractivity contribution >= 4 is 5.70 Å². The van der Waals surface area contributed by atoms with E-state index >= 15 is 0 Å². The molecule has 0 spiro atoms. The van der Waals surface area contributed by atoms with Crippen molar-refractivity contribution in [2.45, 2.75) is 98.4 Å². The standard InChI is InChI=1S/C30H50N2/c1-22(2)11-13-27-15-16-29(20-28-14-12-24(5)25(6)19-28)30(21-27)26(7)32-18-10-8-9-17-31-23(3)4/h15-16,21,23-25,28,31-32H,1,7-14,17-20H2,2-6H3/t24-,25?,28+/m0/s1. The predicted molar refractivity (Wildman–Crippen MR) is 143 cm³/mol. The Morgan fingerprint density at radius 2 is 1.78 bits per heavy atom. The van der Waals surface area contributed by atoms with Crippen molar-refractivity contribution in [3.8, 4) is 0 Å². The van der Waals surface area contributed by atoms with E-state index in [1.165, 1.54) is 67.2 Å². The summed E-state index contributed by atoms with van der Waals surface area (Å²) < 4.78 is 0. The number of hydrogen-bond acceptors (Lipinski definition) is 2. The first-order valence-corrected chi connectivity index (χ1v) is 13.2. The van der Waals surface area contributed by atoms with Crippen LogP contribution in [0, 0.1) is 17.8 Å². The Morgan fingerprint density at radius 1 is 1.03 bits per heavy atom. The summed E-state index contributed by atoms with van der Waals surface area (Å²) in [6, 6.07) is 7.70. The number of aryl methyl sites for hydroxylation is 1. The molecule has 0 saturated heterocycles. The van der Waals surface area contributed by atoms with Gasteiger partial charge in [0.1, 0.15) is 0 Å². The van der Waals surface area contributed by atoms with Crippen molar-refractivity contribution in [2.24, 2.45) is 17.8 Å². The van der Waals surface area contributed by atoms with Gasteiger partial charge in [0.05, 0.1) is 0 Å². The molecule has 0 aliphatic heterocycles. The Kier molecular flexibility index (Phi) is 11.6. The molecule has 180 valence electrons. The van der Waals surface area contributed by atoms with Crippen molar-refractivity contribution in [2.75, 3.05) is 13.1 Å². The van der Waals surface area contributed by atoms with E-state index in [-0.39, 0.29) is 0 Å². The number of benzene rings is 1. The van der Waals surface area contributed by atoms with Gasteiger partial charge < -0.3 is 10.6 Å². The van der Waals surface area contributed by atoms with E-state index in [0.717, 1.165) is 49.4 Å². The number of hydrogen-bond donors (Lipinski definition) is 2. The minimum absolute atomic E-state index is 0.582. The second-order valence-electron chi connectivity index (χ2n) is 10.9. The molecule has 1 aromatic carbocycles. The maximum Gasteiger partial charge on any atom is 0.0343 e. The molecule has 1 fully saturated rings. The normalized spacial score (nSPS) is 21.0. The molecular weight excluding hydrogens is 388 g/mol. The second kappa shape index (κ2) is 13.9. The summed E-state index contributed by atoms with van der Waals surface area (Å²) in [6.45, 7) is 22.1. The lowest BCUT2D eigenvalue weighted by atomic mass is 9.73. The molecule has 2 rings (SSSR count). The first-order chi connectivity index (χ1) is 15.3. The maximum atomic E-state index is 4.46. The van der Waals surface area contributed by atoms with Gasteiger partial charge in [-0.2, -0.15) is 0 Å². The molecule has 1 aliphatic carbocycles. The van der Waals surface area contributed by atoms with Gasteiger partial charge in [-0.15, -0.1) is 6.58 Å². The molecule has 3 atom stereocenters. The monoisotopic (exact) mass is 438 g/mol. The fraction of sp³-hybridized carbons (Fsp3) is 0.667. The number of unbranched alkanes of at least 4 members (excludes halogenated alkanes) is 2. The van der Waals surface area contributed by atoms with Gasteiger partial charge in [0.25, 0.3) is 0 Å². The van der Waals surface area contributed by atoms with Crippen LogP contribution in [0.1, 0.15) is 96.3 Å². The van der Waals surface area contributed by atoms with E-state index in [1.54, 1.807) is 0 Å². The highest BCUT2D eigenvalue weighted by atomic mass is 14.9. The van der Waals surface area contributed by atoms with E-state index in [4.69, 9.17) is 0 Å². The van der Waals surface area contributed by atoms with Crippen LogP contribution in [0.25, 0.3) is 5.70 Å². The van der Waals surface area contributed by atoms with E-state index < -0.39 is 0 Å². The fourth-order valence-corrected chi connectivity index (χ4v) is 4.90. The molecule has 0 heterocycles. The molecule has 0 bridgehead atoms. The Bertz CT molecular complexity index is 718. The molecular formula is C30H50N2. The van der Waals surface area contributed by atoms with Crippen LogP contribution in [-0.2, 0) is 12.8 Å². The maximum absolute atomic E-state index is 4.46. The third kappa shape index (κ3) is 9.53. The van der Waals surface area contributed by atoms with Gasteiger partial charge in [0.15, 0.2) is 0 Å². The van der Waals surface area contributed by atoms with E-state index in [0.29, 0.717) is 6.04 Å². The summed E-state index contributed by atoms with van der Waals surface area (Å²) in [7, 11) is 0. The smallest absolute Gasteiger partial charge is 0.0343 e. The van der Waals surface area contributed by atoms with Crippen LogP contribution in [0.3, 0.4) is 0 Å². The Balaban J connectivity index is 1.98. The van der Waals surface area contributed by atoms with Gasteiger partial charge in [-0.1, -0.05) is 64.8 Å². The minimum Gasteiger partial charge on any atom is -0.385 e. The molecule has 2 nitrogen and oxygen atoms in total. The summed E-state index contributed by atoms with van der Waals surface area (Å²) in [4.78, 5) is 0. The molecule has 0 radical (unpaired) electrons. The zero-order valence-electron chi connectivity index (χ0n) is 21.7. The third-order valence-electron chi connectivity index (χ3n) is 7.30. The zero-order chi connectivity index (χ0) is 23.5. The molecule has 32 heavy (non-hydrogen) atoms. The minimum atomic E-state index is 0.582. The van der Waals surface area contributed by atoms with E-state index in [1.807, 2.05) is 0 Å². The lowest BCUT2D eigenvalue weighted by Crippen LogP contribution is -2.24. The van der Waals surface area contributed by atoms with Gasteiger partial charge in [0.2, 0.25) is 0 Å². The van der Waals surface area contributed by atoms with Crippen molar-refractivity contribution in [1.29, 1.82) is 0 Å². The number of rotatable bonds is 14. The molecule has 0 amide bonds. The van der Waals surface area contributed by atoms with Crippen LogP contribution in [0.2, 0.25) is 0 Å². The first-order valence-electron chi connectivity index (χ1n) is 13.2. The van der Waals surface area contributed by atoms with E-state index in [9.17, 15) is 0 Å². The highest BCUT2D eigenvalue weighted by Crippen LogP contribution is 2.36. The molecule has 1 aromatic rings. The van der Waals surface area contributed by atoms with Gasteiger partial charge in [-0.3, -0.25) is 0 Å². The zero-order valence-corrected chi connectivity index (χ0v) is 21.7. The summed E-state index contributed by atoms with van der Waals surface area (Å²) in [6.07, 6.45) is 11.1. The average molecular weight is 439 g/mol. The van der Waals surface area contributed by atoms with Gasteiger partial charge in [-0.05, 0) is 93.4 Å². The Hall–Kier alpha value is -1.54. The fourth-order valence-electron chi connectivity index (χ4n) is 4.90. The molecule has 0 aromatic heterocycles. The quantitative estimate of drug-likeness (QED) is 0.231. The average Bonchev–Trinajstić information content (AvgIpc) is 2.74. The topological polar surface area (TPSA) is 24.1 Å². The van der Waals surface area contributed by atoms with Crippen LogP contribution in [0.5, 0.6) is 0 Å². The van der Waals surface area contributed by atoms with Gasteiger partial charge in [0, 0.05) is 23.8 Å². The molecule has 1 saturated carbocycles. The van der Waals surface area contributed by atoms with Gasteiger partial charge >= 0.3 is 0 Å². The van der Waals surface area contributed by atoms with Crippen LogP contribution >= 0.6 is 0 Å². The van der Waals surface area contributed by atoms with Crippen molar-refractivity contribution in [3.05, 3.63) is 53.6 Å².